The van der Waals surface area contributed by atoms with Gasteiger partial charge in [-0.15, -0.1) is 0 Å². The first kappa shape index (κ1) is 16.0. The van der Waals surface area contributed by atoms with Crippen molar-refractivity contribution < 1.29 is 4.74 Å². The Morgan fingerprint density at radius 1 is 1.43 bits per heavy atom. The van der Waals surface area contributed by atoms with E-state index in [0.29, 0.717) is 5.82 Å². The Morgan fingerprint density at radius 3 is 2.71 bits per heavy atom. The number of rotatable bonds is 5. The van der Waals surface area contributed by atoms with Gasteiger partial charge in [0.25, 0.3) is 0 Å². The minimum Gasteiger partial charge on any atom is -0.363 e. The number of hydrogen-bond acceptors (Lipinski definition) is 4. The molecule has 0 aromatic carbocycles. The summed E-state index contributed by atoms with van der Waals surface area (Å²) in [5.74, 6) is 0.679. The molecule has 1 aromatic rings. The van der Waals surface area contributed by atoms with E-state index < -0.39 is 0 Å². The third kappa shape index (κ3) is 3.84. The summed E-state index contributed by atoms with van der Waals surface area (Å²) in [6.45, 7) is 6.74. The second kappa shape index (κ2) is 6.18. The van der Waals surface area contributed by atoms with Gasteiger partial charge in [-0.2, -0.15) is 4.98 Å². The van der Waals surface area contributed by atoms with Gasteiger partial charge >= 0.3 is 5.69 Å². The molecular weight excluding hydrogens is 266 g/mol. The van der Waals surface area contributed by atoms with Gasteiger partial charge in [0.05, 0.1) is 6.10 Å². The van der Waals surface area contributed by atoms with E-state index in [1.165, 1.54) is 0 Å². The molecule has 0 N–H and O–H groups in total. The quantitative estimate of drug-likeness (QED) is 0.837. The lowest BCUT2D eigenvalue weighted by molar-refractivity contribution is -0.0193. The molecule has 0 spiro atoms. The van der Waals surface area contributed by atoms with Crippen LogP contribution in [0.2, 0.25) is 0 Å². The zero-order valence-electron chi connectivity index (χ0n) is 13.8. The predicted molar refractivity (Wildman–Crippen MR) is 84.7 cm³/mol. The molecule has 1 aliphatic heterocycles. The Hall–Kier alpha value is -1.36. The van der Waals surface area contributed by atoms with Gasteiger partial charge in [-0.1, -0.05) is 27.2 Å². The van der Waals surface area contributed by atoms with E-state index >= 15 is 0 Å². The van der Waals surface area contributed by atoms with Crippen LogP contribution in [-0.2, 0) is 4.74 Å². The molecule has 118 valence electrons. The standard InChI is InChI=1S/C16H27N3O2/c1-6-16(2,3)11-12-7-8-14(21-12)19-10-9-13(18(4)5)17-15(19)20/h9-10,12,14H,6-8,11H2,1-5H3/t12?,14-/m1/s1. The van der Waals surface area contributed by atoms with E-state index in [1.54, 1.807) is 10.8 Å². The first-order chi connectivity index (χ1) is 9.82. The van der Waals surface area contributed by atoms with Crippen molar-refractivity contribution in [3.8, 4) is 0 Å². The highest BCUT2D eigenvalue weighted by Gasteiger charge is 2.31. The molecule has 0 saturated carbocycles. The molecule has 2 heterocycles. The molecule has 1 unspecified atom stereocenters. The summed E-state index contributed by atoms with van der Waals surface area (Å²) in [6, 6.07) is 1.86. The Kier molecular flexibility index (Phi) is 4.71. The maximum Gasteiger partial charge on any atom is 0.351 e. The van der Waals surface area contributed by atoms with Crippen LogP contribution in [0.3, 0.4) is 0 Å². The molecule has 0 radical (unpaired) electrons. The Morgan fingerprint density at radius 2 is 2.14 bits per heavy atom. The zero-order chi connectivity index (χ0) is 15.6. The van der Waals surface area contributed by atoms with Crippen LogP contribution in [0.4, 0.5) is 5.82 Å². The molecule has 1 aromatic heterocycles. The lowest BCUT2D eigenvalue weighted by Gasteiger charge is -2.26. The van der Waals surface area contributed by atoms with Crippen LogP contribution in [0.5, 0.6) is 0 Å². The van der Waals surface area contributed by atoms with E-state index in [4.69, 9.17) is 4.74 Å². The van der Waals surface area contributed by atoms with E-state index in [0.717, 1.165) is 25.7 Å². The van der Waals surface area contributed by atoms with Crippen molar-refractivity contribution in [2.45, 2.75) is 58.8 Å². The van der Waals surface area contributed by atoms with Crippen molar-refractivity contribution in [2.24, 2.45) is 5.41 Å². The molecule has 1 saturated heterocycles. The van der Waals surface area contributed by atoms with Gasteiger partial charge in [-0.25, -0.2) is 4.79 Å². The summed E-state index contributed by atoms with van der Waals surface area (Å²) < 4.78 is 7.69. The fourth-order valence-electron chi connectivity index (χ4n) is 2.67. The highest BCUT2D eigenvalue weighted by molar-refractivity contribution is 5.33. The van der Waals surface area contributed by atoms with E-state index in [1.807, 2.05) is 25.1 Å². The van der Waals surface area contributed by atoms with Crippen molar-refractivity contribution in [2.75, 3.05) is 19.0 Å². The van der Waals surface area contributed by atoms with Gasteiger partial charge in [0.2, 0.25) is 0 Å². The highest BCUT2D eigenvalue weighted by atomic mass is 16.5. The molecule has 21 heavy (non-hydrogen) atoms. The van der Waals surface area contributed by atoms with Crippen LogP contribution in [0.25, 0.3) is 0 Å². The predicted octanol–water partition coefficient (Wildman–Crippen LogP) is 2.81. The molecule has 0 bridgehead atoms. The van der Waals surface area contributed by atoms with E-state index in [-0.39, 0.29) is 23.4 Å². The summed E-state index contributed by atoms with van der Waals surface area (Å²) in [4.78, 5) is 18.0. The van der Waals surface area contributed by atoms with Crippen LogP contribution in [0.1, 0.15) is 52.7 Å². The van der Waals surface area contributed by atoms with Gasteiger partial charge in [-0.05, 0) is 30.7 Å². The van der Waals surface area contributed by atoms with Crippen LogP contribution >= 0.6 is 0 Å². The SMILES string of the molecule is CCC(C)(C)CC1CC[C@H](n2ccc(N(C)C)nc2=O)O1. The Balaban J connectivity index is 2.06. The molecule has 1 fully saturated rings. The van der Waals surface area contributed by atoms with Crippen molar-refractivity contribution in [3.63, 3.8) is 0 Å². The Bertz CT molecular complexity index is 537. The summed E-state index contributed by atoms with van der Waals surface area (Å²) in [5, 5.41) is 0. The number of anilines is 1. The summed E-state index contributed by atoms with van der Waals surface area (Å²) in [5.41, 5.74) is 0.0546. The first-order valence-electron chi connectivity index (χ1n) is 7.74. The van der Waals surface area contributed by atoms with Gasteiger partial charge < -0.3 is 9.64 Å². The van der Waals surface area contributed by atoms with Crippen LogP contribution in [-0.4, -0.2) is 29.8 Å². The molecule has 2 atom stereocenters. The summed E-state index contributed by atoms with van der Waals surface area (Å²) in [7, 11) is 3.75. The largest absolute Gasteiger partial charge is 0.363 e. The normalized spacial score (nSPS) is 22.5. The van der Waals surface area contributed by atoms with Crippen molar-refractivity contribution in [1.82, 2.24) is 9.55 Å². The van der Waals surface area contributed by atoms with Crippen LogP contribution < -0.4 is 10.6 Å². The maximum absolute atomic E-state index is 12.1. The minimum atomic E-state index is -0.235. The van der Waals surface area contributed by atoms with Gasteiger partial charge in [-0.3, -0.25) is 4.57 Å². The monoisotopic (exact) mass is 293 g/mol. The number of nitrogens with zero attached hydrogens (tertiary/aromatic N) is 3. The fourth-order valence-corrected chi connectivity index (χ4v) is 2.67. The minimum absolute atomic E-state index is 0.168. The Labute approximate surface area is 126 Å². The van der Waals surface area contributed by atoms with Crippen molar-refractivity contribution in [3.05, 3.63) is 22.7 Å². The lowest BCUT2D eigenvalue weighted by Crippen LogP contribution is -2.29. The number of aromatic nitrogens is 2. The lowest BCUT2D eigenvalue weighted by atomic mass is 9.83. The molecular formula is C16H27N3O2. The number of hydrogen-bond donors (Lipinski definition) is 0. The summed E-state index contributed by atoms with van der Waals surface area (Å²) >= 11 is 0. The molecule has 5 nitrogen and oxygen atoms in total. The highest BCUT2D eigenvalue weighted by Crippen LogP contribution is 2.36. The average Bonchev–Trinajstić information content (AvgIpc) is 2.86. The van der Waals surface area contributed by atoms with Crippen LogP contribution in [0.15, 0.2) is 17.1 Å². The van der Waals surface area contributed by atoms with Gasteiger partial charge in [0.15, 0.2) is 0 Å². The molecule has 2 rings (SSSR count). The summed E-state index contributed by atoms with van der Waals surface area (Å²) in [6.07, 6.45) is 5.94. The third-order valence-electron chi connectivity index (χ3n) is 4.41. The first-order valence-corrected chi connectivity index (χ1v) is 7.74. The second-order valence-electron chi connectivity index (χ2n) is 6.88. The topological polar surface area (TPSA) is 47.4 Å². The maximum atomic E-state index is 12.1. The smallest absolute Gasteiger partial charge is 0.351 e. The molecule has 5 heteroatoms. The van der Waals surface area contributed by atoms with Crippen molar-refractivity contribution in [1.29, 1.82) is 0 Å². The molecule has 1 aliphatic rings. The molecule has 0 aliphatic carbocycles. The molecule has 0 amide bonds. The number of ether oxygens (including phenoxy) is 1. The van der Waals surface area contributed by atoms with E-state index in [2.05, 4.69) is 25.8 Å². The fraction of sp³-hybridized carbons (Fsp3) is 0.750. The van der Waals surface area contributed by atoms with E-state index in [9.17, 15) is 4.79 Å². The second-order valence-corrected chi connectivity index (χ2v) is 6.88. The van der Waals surface area contributed by atoms with Crippen molar-refractivity contribution >= 4 is 5.82 Å². The average molecular weight is 293 g/mol. The van der Waals surface area contributed by atoms with Gasteiger partial charge in [0.1, 0.15) is 12.0 Å². The van der Waals surface area contributed by atoms with Crippen LogP contribution in [0, 0.1) is 5.41 Å². The zero-order valence-corrected chi connectivity index (χ0v) is 13.8. The third-order valence-corrected chi connectivity index (χ3v) is 4.41. The van der Waals surface area contributed by atoms with Gasteiger partial charge in [0, 0.05) is 20.3 Å².